The van der Waals surface area contributed by atoms with Gasteiger partial charge in [-0.2, -0.15) is 0 Å². The molecule has 0 saturated heterocycles. The molecule has 0 amide bonds. The molecular formula is C16H36N2O. The van der Waals surface area contributed by atoms with E-state index >= 15 is 0 Å². The van der Waals surface area contributed by atoms with Crippen LogP contribution in [0.2, 0.25) is 0 Å². The number of aliphatic hydroxyl groups excluding tert-OH is 1. The van der Waals surface area contributed by atoms with Gasteiger partial charge in [0.2, 0.25) is 0 Å². The van der Waals surface area contributed by atoms with Gasteiger partial charge in [-0.1, -0.05) is 41.5 Å². The van der Waals surface area contributed by atoms with Crippen molar-refractivity contribution in [2.24, 2.45) is 23.5 Å². The summed E-state index contributed by atoms with van der Waals surface area (Å²) in [5.74, 6) is 1.78. The van der Waals surface area contributed by atoms with Crippen LogP contribution in [0, 0.1) is 17.8 Å². The molecule has 3 N–H and O–H groups in total. The van der Waals surface area contributed by atoms with Gasteiger partial charge in [0, 0.05) is 12.1 Å². The summed E-state index contributed by atoms with van der Waals surface area (Å²) < 4.78 is 0. The number of nitrogens with two attached hydrogens (primary N) is 1. The van der Waals surface area contributed by atoms with Gasteiger partial charge >= 0.3 is 0 Å². The fraction of sp³-hybridized carbons (Fsp3) is 1.00. The summed E-state index contributed by atoms with van der Waals surface area (Å²) in [5.41, 5.74) is 6.28. The Hall–Kier alpha value is -0.120. The van der Waals surface area contributed by atoms with Crippen LogP contribution in [-0.4, -0.2) is 41.8 Å². The number of aliphatic hydroxyl groups is 1. The van der Waals surface area contributed by atoms with Gasteiger partial charge in [-0.25, -0.2) is 0 Å². The molecular weight excluding hydrogens is 236 g/mol. The van der Waals surface area contributed by atoms with Gasteiger partial charge in [0.1, 0.15) is 0 Å². The van der Waals surface area contributed by atoms with Gasteiger partial charge in [0.15, 0.2) is 0 Å². The standard InChI is InChI=1S/C16H36N2O/c1-12(2)7-9-18(10-8-13(3)4)15(11-19)16(17)14(5)6/h12-16,19H,7-11,17H2,1-6H3. The fourth-order valence-corrected chi connectivity index (χ4v) is 2.22. The Balaban J connectivity index is 4.64. The van der Waals surface area contributed by atoms with Crippen molar-refractivity contribution in [3.8, 4) is 0 Å². The molecule has 0 aromatic carbocycles. The molecule has 0 saturated carbocycles. The maximum atomic E-state index is 9.72. The van der Waals surface area contributed by atoms with E-state index in [9.17, 15) is 5.11 Å². The van der Waals surface area contributed by atoms with E-state index < -0.39 is 0 Å². The van der Waals surface area contributed by atoms with Crippen molar-refractivity contribution in [2.75, 3.05) is 19.7 Å². The third-order valence-electron chi connectivity index (χ3n) is 3.86. The molecule has 0 spiro atoms. The lowest BCUT2D eigenvalue weighted by molar-refractivity contribution is 0.0834. The lowest BCUT2D eigenvalue weighted by Crippen LogP contribution is -2.53. The molecule has 0 aliphatic rings. The Kier molecular flexibility index (Phi) is 9.67. The van der Waals surface area contributed by atoms with E-state index in [2.05, 4.69) is 46.4 Å². The van der Waals surface area contributed by atoms with Gasteiger partial charge in [0.25, 0.3) is 0 Å². The molecule has 0 bridgehead atoms. The average molecular weight is 272 g/mol. The number of hydrogen-bond donors (Lipinski definition) is 2. The first kappa shape index (κ1) is 18.9. The highest BCUT2D eigenvalue weighted by atomic mass is 16.3. The molecule has 0 aliphatic carbocycles. The van der Waals surface area contributed by atoms with Crippen LogP contribution in [0.1, 0.15) is 54.4 Å². The van der Waals surface area contributed by atoms with Crippen LogP contribution in [0.15, 0.2) is 0 Å². The van der Waals surface area contributed by atoms with E-state index in [1.54, 1.807) is 0 Å². The lowest BCUT2D eigenvalue weighted by atomic mass is 9.95. The zero-order valence-corrected chi connectivity index (χ0v) is 13.9. The SMILES string of the molecule is CC(C)CCN(CCC(C)C)C(CO)C(N)C(C)C. The minimum Gasteiger partial charge on any atom is -0.395 e. The highest BCUT2D eigenvalue weighted by Gasteiger charge is 2.26. The maximum Gasteiger partial charge on any atom is 0.0602 e. The van der Waals surface area contributed by atoms with E-state index in [-0.39, 0.29) is 18.7 Å². The fourth-order valence-electron chi connectivity index (χ4n) is 2.22. The summed E-state index contributed by atoms with van der Waals surface area (Å²) in [7, 11) is 0. The van der Waals surface area contributed by atoms with Crippen LogP contribution in [0.25, 0.3) is 0 Å². The van der Waals surface area contributed by atoms with Crippen LogP contribution in [0.4, 0.5) is 0 Å². The van der Waals surface area contributed by atoms with Crippen molar-refractivity contribution < 1.29 is 5.11 Å². The monoisotopic (exact) mass is 272 g/mol. The molecule has 3 nitrogen and oxygen atoms in total. The normalized spacial score (nSPS) is 15.8. The predicted octanol–water partition coefficient (Wildman–Crippen LogP) is 2.72. The molecule has 0 aromatic heterocycles. The minimum atomic E-state index is 0.0457. The molecule has 19 heavy (non-hydrogen) atoms. The van der Waals surface area contributed by atoms with E-state index in [0.29, 0.717) is 17.8 Å². The van der Waals surface area contributed by atoms with Crippen molar-refractivity contribution in [1.29, 1.82) is 0 Å². The highest BCUT2D eigenvalue weighted by molar-refractivity contribution is 4.84. The molecule has 0 aromatic rings. The lowest BCUT2D eigenvalue weighted by Gasteiger charge is -2.37. The van der Waals surface area contributed by atoms with Crippen LogP contribution >= 0.6 is 0 Å². The van der Waals surface area contributed by atoms with E-state index in [4.69, 9.17) is 5.73 Å². The van der Waals surface area contributed by atoms with E-state index in [0.717, 1.165) is 13.1 Å². The van der Waals surface area contributed by atoms with Crippen LogP contribution < -0.4 is 5.73 Å². The van der Waals surface area contributed by atoms with E-state index in [1.165, 1.54) is 12.8 Å². The Morgan fingerprint density at radius 2 is 1.32 bits per heavy atom. The van der Waals surface area contributed by atoms with Gasteiger partial charge in [-0.3, -0.25) is 4.90 Å². The number of nitrogens with zero attached hydrogens (tertiary/aromatic N) is 1. The second-order valence-corrected chi connectivity index (χ2v) is 6.97. The van der Waals surface area contributed by atoms with Gasteiger partial charge in [-0.15, -0.1) is 0 Å². The summed E-state index contributed by atoms with van der Waals surface area (Å²) in [6, 6.07) is 0.141. The molecule has 3 heteroatoms. The van der Waals surface area contributed by atoms with Crippen molar-refractivity contribution in [3.63, 3.8) is 0 Å². The van der Waals surface area contributed by atoms with Gasteiger partial charge in [-0.05, 0) is 43.7 Å². The quantitative estimate of drug-likeness (QED) is 0.643. The van der Waals surface area contributed by atoms with Crippen LogP contribution in [0.3, 0.4) is 0 Å². The van der Waals surface area contributed by atoms with E-state index in [1.807, 2.05) is 0 Å². The third-order valence-corrected chi connectivity index (χ3v) is 3.86. The summed E-state index contributed by atoms with van der Waals surface area (Å²) in [4.78, 5) is 2.41. The second kappa shape index (κ2) is 9.73. The molecule has 0 aliphatic heterocycles. The molecule has 0 heterocycles. The topological polar surface area (TPSA) is 49.5 Å². The van der Waals surface area contributed by atoms with Crippen molar-refractivity contribution in [2.45, 2.75) is 66.5 Å². The Morgan fingerprint density at radius 1 is 0.895 bits per heavy atom. The van der Waals surface area contributed by atoms with Crippen molar-refractivity contribution in [1.82, 2.24) is 4.90 Å². The molecule has 0 fully saturated rings. The largest absolute Gasteiger partial charge is 0.395 e. The highest BCUT2D eigenvalue weighted by Crippen LogP contribution is 2.15. The Labute approximate surface area is 120 Å². The summed E-state index contributed by atoms with van der Waals surface area (Å²) >= 11 is 0. The molecule has 0 rings (SSSR count). The summed E-state index contributed by atoms with van der Waals surface area (Å²) in [6.45, 7) is 15.5. The van der Waals surface area contributed by atoms with Crippen molar-refractivity contribution in [3.05, 3.63) is 0 Å². The molecule has 2 atom stereocenters. The summed E-state index contributed by atoms with van der Waals surface area (Å²) in [5, 5.41) is 9.72. The maximum absolute atomic E-state index is 9.72. The molecule has 116 valence electrons. The van der Waals surface area contributed by atoms with Crippen molar-refractivity contribution >= 4 is 0 Å². The predicted molar refractivity (Wildman–Crippen MR) is 84.2 cm³/mol. The minimum absolute atomic E-state index is 0.0457. The number of rotatable bonds is 10. The third kappa shape index (κ3) is 7.91. The zero-order chi connectivity index (χ0) is 15.0. The van der Waals surface area contributed by atoms with Crippen LogP contribution in [-0.2, 0) is 0 Å². The average Bonchev–Trinajstić information content (AvgIpc) is 2.31. The number of hydrogen-bond acceptors (Lipinski definition) is 3. The first-order valence-corrected chi connectivity index (χ1v) is 7.90. The van der Waals surface area contributed by atoms with Gasteiger partial charge in [0.05, 0.1) is 6.61 Å². The molecule has 2 unspecified atom stereocenters. The van der Waals surface area contributed by atoms with Gasteiger partial charge < -0.3 is 10.8 Å². The first-order valence-electron chi connectivity index (χ1n) is 7.90. The Bertz CT molecular complexity index is 205. The molecule has 0 radical (unpaired) electrons. The van der Waals surface area contributed by atoms with Crippen LogP contribution in [0.5, 0.6) is 0 Å². The zero-order valence-electron chi connectivity index (χ0n) is 13.9. The second-order valence-electron chi connectivity index (χ2n) is 6.97. The smallest absolute Gasteiger partial charge is 0.0602 e. The summed E-state index contributed by atoms with van der Waals surface area (Å²) in [6.07, 6.45) is 2.33. The Morgan fingerprint density at radius 3 is 1.58 bits per heavy atom. The first-order chi connectivity index (χ1) is 8.79.